The van der Waals surface area contributed by atoms with Gasteiger partial charge in [0.25, 0.3) is 0 Å². The van der Waals surface area contributed by atoms with Gasteiger partial charge in [0.05, 0.1) is 11.4 Å². The maximum absolute atomic E-state index is 6.42. The van der Waals surface area contributed by atoms with Crippen LogP contribution in [0.5, 0.6) is 5.75 Å². The minimum absolute atomic E-state index is 0.108. The highest BCUT2D eigenvalue weighted by atomic mass is 35.5. The molecule has 1 heterocycles. The summed E-state index contributed by atoms with van der Waals surface area (Å²) < 4.78 is 5.17. The van der Waals surface area contributed by atoms with Gasteiger partial charge in [0.15, 0.2) is 0 Å². The van der Waals surface area contributed by atoms with Gasteiger partial charge in [0.2, 0.25) is 0 Å². The maximum atomic E-state index is 6.42. The van der Waals surface area contributed by atoms with E-state index in [9.17, 15) is 0 Å². The molecular weight excluding hydrogens is 323 g/mol. The van der Waals surface area contributed by atoms with Crippen LogP contribution in [0, 0.1) is 0 Å². The van der Waals surface area contributed by atoms with Crippen LogP contribution in [0.1, 0.15) is 22.3 Å². The van der Waals surface area contributed by atoms with Crippen LogP contribution in [-0.4, -0.2) is 11.4 Å². The summed E-state index contributed by atoms with van der Waals surface area (Å²) >= 11 is 20.4. The quantitative estimate of drug-likeness (QED) is 0.677. The second-order valence-corrected chi connectivity index (χ2v) is 7.74. The van der Waals surface area contributed by atoms with Gasteiger partial charge in [-0.25, -0.2) is 0 Å². The molecule has 0 radical (unpaired) electrons. The first-order valence-corrected chi connectivity index (χ1v) is 7.76. The fourth-order valence-corrected chi connectivity index (χ4v) is 4.67. The number of halogens is 3. The third-order valence-electron chi connectivity index (χ3n) is 3.43. The van der Waals surface area contributed by atoms with E-state index in [1.807, 2.05) is 36.4 Å². The van der Waals surface area contributed by atoms with Crippen molar-refractivity contribution in [1.82, 2.24) is 0 Å². The van der Waals surface area contributed by atoms with Crippen LogP contribution in [0.15, 0.2) is 36.4 Å². The number of hydrogen-bond donors (Lipinski definition) is 0. The molecular formula is C14H11Cl3OS. The molecule has 1 aliphatic carbocycles. The van der Waals surface area contributed by atoms with E-state index in [1.165, 1.54) is 11.3 Å². The van der Waals surface area contributed by atoms with Crippen LogP contribution in [-0.2, 0) is 0 Å². The van der Waals surface area contributed by atoms with Gasteiger partial charge in [-0.15, -0.1) is 34.5 Å². The van der Waals surface area contributed by atoms with Gasteiger partial charge in [-0.05, 0) is 29.8 Å². The Morgan fingerprint density at radius 1 is 1.05 bits per heavy atom. The summed E-state index contributed by atoms with van der Waals surface area (Å²) in [5.74, 6) is 1.05. The maximum Gasteiger partial charge on any atom is 0.134 e. The number of alkyl halides is 2. The summed E-state index contributed by atoms with van der Waals surface area (Å²) in [6.45, 7) is 0. The van der Waals surface area contributed by atoms with Crippen molar-refractivity contribution >= 4 is 46.1 Å². The topological polar surface area (TPSA) is 9.23 Å². The summed E-state index contributed by atoms with van der Waals surface area (Å²) in [4.78, 5) is 1.14. The van der Waals surface area contributed by atoms with Crippen LogP contribution in [0.2, 0.25) is 4.34 Å². The number of ether oxygens (including phenoxy) is 1. The van der Waals surface area contributed by atoms with E-state index < -0.39 is 4.33 Å². The van der Waals surface area contributed by atoms with Gasteiger partial charge in [0, 0.05) is 16.7 Å². The van der Waals surface area contributed by atoms with E-state index in [2.05, 4.69) is 0 Å². The number of benzene rings is 1. The highest BCUT2D eigenvalue weighted by Crippen LogP contribution is 2.71. The van der Waals surface area contributed by atoms with Crippen molar-refractivity contribution in [3.8, 4) is 5.75 Å². The molecule has 1 saturated carbocycles. The van der Waals surface area contributed by atoms with Crippen molar-refractivity contribution in [3.63, 3.8) is 0 Å². The molecule has 1 aromatic heterocycles. The molecule has 2 aromatic rings. The summed E-state index contributed by atoms with van der Waals surface area (Å²) in [7, 11) is 1.65. The molecule has 1 aliphatic rings. The lowest BCUT2D eigenvalue weighted by Crippen LogP contribution is -1.90. The predicted octanol–water partition coefficient (Wildman–Crippen LogP) is 5.47. The monoisotopic (exact) mass is 332 g/mol. The summed E-state index contributed by atoms with van der Waals surface area (Å²) in [5, 5.41) is 0. The van der Waals surface area contributed by atoms with Crippen LogP contribution in [0.25, 0.3) is 0 Å². The van der Waals surface area contributed by atoms with E-state index in [4.69, 9.17) is 39.5 Å². The third-order valence-corrected chi connectivity index (χ3v) is 5.68. The van der Waals surface area contributed by atoms with Crippen molar-refractivity contribution in [1.29, 1.82) is 0 Å². The van der Waals surface area contributed by atoms with Crippen molar-refractivity contribution in [2.45, 2.75) is 16.2 Å². The van der Waals surface area contributed by atoms with Gasteiger partial charge >= 0.3 is 0 Å². The summed E-state index contributed by atoms with van der Waals surface area (Å²) in [6, 6.07) is 11.8. The molecule has 5 heteroatoms. The van der Waals surface area contributed by atoms with Crippen molar-refractivity contribution in [2.24, 2.45) is 0 Å². The first kappa shape index (κ1) is 13.6. The standard InChI is InChI=1S/C14H11Cl3OS/c1-18-9-4-2-8(3-5-9)12-13(14(12,16)17)10-6-7-11(15)19-10/h2-7,12-13H,1H3/t12-,13?/m1/s1. The lowest BCUT2D eigenvalue weighted by Gasteiger charge is -2.02. The molecule has 19 heavy (non-hydrogen) atoms. The Morgan fingerprint density at radius 3 is 2.26 bits per heavy atom. The zero-order valence-electron chi connectivity index (χ0n) is 10.1. The Morgan fingerprint density at radius 2 is 1.74 bits per heavy atom. The molecule has 1 aromatic carbocycles. The zero-order valence-corrected chi connectivity index (χ0v) is 13.2. The second kappa shape index (κ2) is 4.85. The van der Waals surface area contributed by atoms with E-state index in [0.717, 1.165) is 20.5 Å². The average Bonchev–Trinajstić information content (AvgIpc) is 2.74. The molecule has 0 aliphatic heterocycles. The third kappa shape index (κ3) is 2.36. The largest absolute Gasteiger partial charge is 0.497 e. The summed E-state index contributed by atoms with van der Waals surface area (Å²) in [6.07, 6.45) is 0. The highest BCUT2D eigenvalue weighted by Gasteiger charge is 2.64. The van der Waals surface area contributed by atoms with Crippen LogP contribution >= 0.6 is 46.1 Å². The smallest absolute Gasteiger partial charge is 0.134 e. The minimum atomic E-state index is -0.747. The summed E-state index contributed by atoms with van der Waals surface area (Å²) in [5.41, 5.74) is 1.13. The normalized spacial score (nSPS) is 24.2. The molecule has 0 saturated heterocycles. The van der Waals surface area contributed by atoms with Gasteiger partial charge in [-0.1, -0.05) is 23.7 Å². The molecule has 1 fully saturated rings. The molecule has 0 spiro atoms. The first-order chi connectivity index (χ1) is 9.04. The predicted molar refractivity (Wildman–Crippen MR) is 82.2 cm³/mol. The Bertz CT molecular complexity index is 591. The Hall–Kier alpha value is -0.410. The fraction of sp³-hybridized carbons (Fsp3) is 0.286. The molecule has 0 bridgehead atoms. The highest BCUT2D eigenvalue weighted by molar-refractivity contribution is 7.16. The SMILES string of the molecule is COc1ccc([C@@H]2C(c3ccc(Cl)s3)C2(Cl)Cl)cc1. The molecule has 100 valence electrons. The van der Waals surface area contributed by atoms with E-state index in [1.54, 1.807) is 7.11 Å². The van der Waals surface area contributed by atoms with Gasteiger partial charge < -0.3 is 4.74 Å². The zero-order chi connectivity index (χ0) is 13.6. The van der Waals surface area contributed by atoms with Crippen molar-refractivity contribution in [2.75, 3.05) is 7.11 Å². The number of methoxy groups -OCH3 is 1. The van der Waals surface area contributed by atoms with Crippen molar-refractivity contribution in [3.05, 3.63) is 51.2 Å². The Balaban J connectivity index is 1.89. The van der Waals surface area contributed by atoms with Crippen LogP contribution < -0.4 is 4.74 Å². The van der Waals surface area contributed by atoms with Crippen LogP contribution in [0.4, 0.5) is 0 Å². The first-order valence-electron chi connectivity index (χ1n) is 5.81. The van der Waals surface area contributed by atoms with Gasteiger partial charge in [0.1, 0.15) is 10.1 Å². The molecule has 0 amide bonds. The molecule has 3 rings (SSSR count). The van der Waals surface area contributed by atoms with Crippen LogP contribution in [0.3, 0.4) is 0 Å². The number of rotatable bonds is 3. The lowest BCUT2D eigenvalue weighted by atomic mass is 10.1. The lowest BCUT2D eigenvalue weighted by molar-refractivity contribution is 0.414. The van der Waals surface area contributed by atoms with E-state index >= 15 is 0 Å². The van der Waals surface area contributed by atoms with Crippen molar-refractivity contribution < 1.29 is 4.74 Å². The Kier molecular flexibility index (Phi) is 3.46. The molecule has 0 N–H and O–H groups in total. The number of thiophene rings is 1. The minimum Gasteiger partial charge on any atom is -0.497 e. The second-order valence-electron chi connectivity index (χ2n) is 4.54. The van der Waals surface area contributed by atoms with E-state index in [0.29, 0.717) is 0 Å². The Labute approximate surface area is 131 Å². The molecule has 1 unspecified atom stereocenters. The van der Waals surface area contributed by atoms with Gasteiger partial charge in [-0.2, -0.15) is 0 Å². The van der Waals surface area contributed by atoms with E-state index in [-0.39, 0.29) is 11.8 Å². The number of hydrogen-bond acceptors (Lipinski definition) is 2. The molecule has 2 atom stereocenters. The molecule has 1 nitrogen and oxygen atoms in total. The fourth-order valence-electron chi connectivity index (χ4n) is 2.40. The van der Waals surface area contributed by atoms with Gasteiger partial charge in [-0.3, -0.25) is 0 Å². The average molecular weight is 334 g/mol.